The Morgan fingerprint density at radius 3 is 2.51 bits per heavy atom. The van der Waals surface area contributed by atoms with Crippen LogP contribution in [0.15, 0.2) is 34.9 Å². The van der Waals surface area contributed by atoms with Crippen molar-refractivity contribution in [1.29, 1.82) is 0 Å². The second kappa shape index (κ2) is 8.73. The summed E-state index contributed by atoms with van der Waals surface area (Å²) in [5, 5.41) is 15.2. The van der Waals surface area contributed by atoms with Gasteiger partial charge in [-0.25, -0.2) is 39.9 Å². The van der Waals surface area contributed by atoms with Crippen LogP contribution in [-0.2, 0) is 10.0 Å². The van der Waals surface area contributed by atoms with Crippen LogP contribution >= 0.6 is 0 Å². The van der Waals surface area contributed by atoms with Gasteiger partial charge < -0.3 is 14.5 Å². The van der Waals surface area contributed by atoms with E-state index in [9.17, 15) is 40.3 Å². The zero-order valence-corrected chi connectivity index (χ0v) is 18.5. The fourth-order valence-electron chi connectivity index (χ4n) is 3.96. The molecule has 3 aromatic rings. The van der Waals surface area contributed by atoms with Gasteiger partial charge in [-0.15, -0.1) is 0 Å². The summed E-state index contributed by atoms with van der Waals surface area (Å²) in [6, 6.07) is -0.452. The molecule has 1 fully saturated rings. The molecule has 4 rings (SSSR count). The average Bonchev–Trinajstić information content (AvgIpc) is 3.24. The summed E-state index contributed by atoms with van der Waals surface area (Å²) < 4.78 is 101. The van der Waals surface area contributed by atoms with E-state index in [2.05, 4.69) is 10.5 Å². The molecule has 3 N–H and O–H groups in total. The van der Waals surface area contributed by atoms with Crippen molar-refractivity contribution in [3.05, 3.63) is 47.8 Å². The molecule has 1 aromatic heterocycles. The number of rotatable bonds is 5. The molecule has 1 saturated heterocycles. The summed E-state index contributed by atoms with van der Waals surface area (Å²) in [6.45, 7) is -2.00. The Kier molecular flexibility index (Phi) is 6.19. The lowest BCUT2D eigenvalue weighted by Gasteiger charge is -2.26. The Morgan fingerprint density at radius 2 is 1.91 bits per heavy atom. The van der Waals surface area contributed by atoms with Crippen molar-refractivity contribution < 1.29 is 44.8 Å². The minimum Gasteiger partial charge on any atom is -0.394 e. The van der Waals surface area contributed by atoms with Gasteiger partial charge in [-0.2, -0.15) is 0 Å². The zero-order chi connectivity index (χ0) is 25.7. The number of nitrogens with zero attached hydrogens (tertiary/aromatic N) is 2. The number of benzene rings is 2. The molecule has 0 aliphatic carbocycles. The molecule has 188 valence electrons. The largest absolute Gasteiger partial charge is 0.394 e. The number of aromatic nitrogens is 1. The van der Waals surface area contributed by atoms with E-state index in [0.29, 0.717) is 23.3 Å². The van der Waals surface area contributed by atoms with E-state index in [-0.39, 0.29) is 16.5 Å². The number of nitrogens with one attached hydrogen (secondary N) is 2. The van der Waals surface area contributed by atoms with Crippen LogP contribution in [0, 0.1) is 17.5 Å². The molecular formula is C20H17F5N4O5S. The molecular weight excluding hydrogens is 503 g/mol. The number of urea groups is 1. The molecule has 1 aliphatic heterocycles. The summed E-state index contributed by atoms with van der Waals surface area (Å²) in [5.41, 5.74) is -0.854. The molecule has 0 radical (unpaired) electrons. The van der Waals surface area contributed by atoms with Crippen LogP contribution in [-0.4, -0.2) is 67.0 Å². The van der Waals surface area contributed by atoms with Crippen LogP contribution in [0.2, 0.25) is 0 Å². The first-order valence-corrected chi connectivity index (χ1v) is 11.8. The number of fused-ring (bicyclic) bond motifs is 1. The molecule has 2 aromatic carbocycles. The molecule has 0 saturated carbocycles. The van der Waals surface area contributed by atoms with E-state index >= 15 is 0 Å². The van der Waals surface area contributed by atoms with Gasteiger partial charge in [-0.05, 0) is 6.07 Å². The van der Waals surface area contributed by atoms with Gasteiger partial charge in [0, 0.05) is 24.2 Å². The molecule has 0 unspecified atom stereocenters. The number of likely N-dealkylation sites (tertiary alicyclic amines) is 1. The minimum atomic E-state index is -4.08. The summed E-state index contributed by atoms with van der Waals surface area (Å²) in [7, 11) is -4.08. The van der Waals surface area contributed by atoms with Gasteiger partial charge in [0.05, 0.1) is 23.8 Å². The zero-order valence-electron chi connectivity index (χ0n) is 17.7. The molecule has 2 heterocycles. The van der Waals surface area contributed by atoms with Gasteiger partial charge in [0.2, 0.25) is 10.0 Å². The van der Waals surface area contributed by atoms with Gasteiger partial charge in [-0.3, -0.25) is 5.32 Å². The van der Waals surface area contributed by atoms with Crippen LogP contribution in [0.3, 0.4) is 0 Å². The maximum absolute atomic E-state index is 14.7. The normalized spacial score (nSPS) is 19.9. The van der Waals surface area contributed by atoms with Gasteiger partial charge in [0.25, 0.3) is 5.92 Å². The Morgan fingerprint density at radius 1 is 1.26 bits per heavy atom. The van der Waals surface area contributed by atoms with E-state index in [1.165, 1.54) is 18.2 Å². The number of halogens is 5. The topological polar surface area (TPSA) is 125 Å². The van der Waals surface area contributed by atoms with Crippen LogP contribution in [0.4, 0.5) is 32.6 Å². The van der Waals surface area contributed by atoms with Crippen molar-refractivity contribution in [2.45, 2.75) is 18.0 Å². The Balaban J connectivity index is 1.71. The minimum absolute atomic E-state index is 0.0389. The number of carbonyl (C=O) groups is 1. The van der Waals surface area contributed by atoms with E-state index in [1.54, 1.807) is 4.72 Å². The van der Waals surface area contributed by atoms with Gasteiger partial charge in [0.15, 0.2) is 11.4 Å². The third-order valence-corrected chi connectivity index (χ3v) is 6.17. The number of amides is 2. The monoisotopic (exact) mass is 520 g/mol. The second-order valence-electron chi connectivity index (χ2n) is 7.85. The fourth-order valence-corrected chi connectivity index (χ4v) is 4.71. The highest BCUT2D eigenvalue weighted by atomic mass is 32.2. The predicted octanol–water partition coefficient (Wildman–Crippen LogP) is 2.67. The first kappa shape index (κ1) is 24.8. The first-order valence-electron chi connectivity index (χ1n) is 9.90. The van der Waals surface area contributed by atoms with Crippen LogP contribution in [0.25, 0.3) is 22.1 Å². The van der Waals surface area contributed by atoms with Gasteiger partial charge in [0.1, 0.15) is 29.5 Å². The number of carbonyl (C=O) groups excluding carboxylic acids is 1. The van der Waals surface area contributed by atoms with Crippen molar-refractivity contribution >= 4 is 32.8 Å². The Labute approximate surface area is 194 Å². The van der Waals surface area contributed by atoms with Gasteiger partial charge >= 0.3 is 6.03 Å². The number of aliphatic hydroxyl groups excluding tert-OH is 1. The standard InChI is InChI=1S/C20H17F5N4O5S/c1-35(32,33)28-14-7-29(15(8-30)20(14,24)25)19(31)26-18-17-10(3-2-4-13(17)34-27-18)16-11(22)5-9(21)6-12(16)23/h2-6,14-15,28,30H,7-8H2,1H3,(H,26,27,31)/t14-,15-/m1/s1. The number of anilines is 1. The summed E-state index contributed by atoms with van der Waals surface area (Å²) in [5.74, 6) is -7.88. The summed E-state index contributed by atoms with van der Waals surface area (Å²) in [6.07, 6.45) is 0.663. The lowest BCUT2D eigenvalue weighted by Crippen LogP contribution is -2.51. The molecule has 1 aliphatic rings. The van der Waals surface area contributed by atoms with E-state index in [1.807, 2.05) is 0 Å². The van der Waals surface area contributed by atoms with Crippen LogP contribution in [0.5, 0.6) is 0 Å². The third kappa shape index (κ3) is 4.53. The maximum atomic E-state index is 14.7. The number of alkyl halides is 2. The highest BCUT2D eigenvalue weighted by molar-refractivity contribution is 7.88. The summed E-state index contributed by atoms with van der Waals surface area (Å²) in [4.78, 5) is 13.4. The Bertz CT molecular complexity index is 1390. The van der Waals surface area contributed by atoms with Crippen LogP contribution < -0.4 is 10.0 Å². The van der Waals surface area contributed by atoms with Crippen molar-refractivity contribution in [2.24, 2.45) is 0 Å². The number of hydrogen-bond donors (Lipinski definition) is 3. The van der Waals surface area contributed by atoms with Crippen molar-refractivity contribution in [2.75, 3.05) is 24.7 Å². The van der Waals surface area contributed by atoms with Crippen LogP contribution in [0.1, 0.15) is 0 Å². The van der Waals surface area contributed by atoms with E-state index < -0.39 is 76.0 Å². The molecule has 0 bridgehead atoms. The molecule has 2 atom stereocenters. The maximum Gasteiger partial charge on any atom is 0.323 e. The molecule has 2 amide bonds. The third-order valence-electron chi connectivity index (χ3n) is 5.45. The number of aliphatic hydroxyl groups is 1. The quantitative estimate of drug-likeness (QED) is 0.445. The molecule has 9 nitrogen and oxygen atoms in total. The fraction of sp³-hybridized carbons (Fsp3) is 0.300. The lowest BCUT2D eigenvalue weighted by atomic mass is 10.0. The van der Waals surface area contributed by atoms with E-state index in [4.69, 9.17) is 4.52 Å². The SMILES string of the molecule is CS(=O)(=O)N[C@@H]1CN(C(=O)Nc2noc3cccc(-c4c(F)cc(F)cc4F)c23)[C@H](CO)C1(F)F. The molecule has 0 spiro atoms. The summed E-state index contributed by atoms with van der Waals surface area (Å²) >= 11 is 0. The lowest BCUT2D eigenvalue weighted by molar-refractivity contribution is -0.0557. The second-order valence-corrected chi connectivity index (χ2v) is 9.63. The number of sulfonamides is 1. The van der Waals surface area contributed by atoms with Gasteiger partial charge in [-0.1, -0.05) is 17.3 Å². The first-order chi connectivity index (χ1) is 16.3. The highest BCUT2D eigenvalue weighted by Crippen LogP contribution is 2.38. The smallest absolute Gasteiger partial charge is 0.323 e. The number of hydrogen-bond acceptors (Lipinski definition) is 6. The van der Waals surface area contributed by atoms with Crippen molar-refractivity contribution in [3.8, 4) is 11.1 Å². The Hall–Kier alpha value is -3.30. The average molecular weight is 520 g/mol. The molecule has 15 heteroatoms. The predicted molar refractivity (Wildman–Crippen MR) is 113 cm³/mol. The van der Waals surface area contributed by atoms with Crippen molar-refractivity contribution in [1.82, 2.24) is 14.8 Å². The van der Waals surface area contributed by atoms with Crippen molar-refractivity contribution in [3.63, 3.8) is 0 Å². The molecule has 35 heavy (non-hydrogen) atoms. The highest BCUT2D eigenvalue weighted by Gasteiger charge is 2.58. The van der Waals surface area contributed by atoms with E-state index in [0.717, 1.165) is 0 Å².